The number of carboxylic acid groups (broad SMARTS) is 1. The molecule has 5 nitrogen and oxygen atoms in total. The highest BCUT2D eigenvalue weighted by atomic mass is 32.1. The van der Waals surface area contributed by atoms with E-state index >= 15 is 0 Å². The molecule has 27 heavy (non-hydrogen) atoms. The van der Waals surface area contributed by atoms with Crippen LogP contribution in [0.25, 0.3) is 21.3 Å². The molecule has 0 spiro atoms. The first-order chi connectivity index (χ1) is 12.8. The second kappa shape index (κ2) is 7.27. The van der Waals surface area contributed by atoms with E-state index in [9.17, 15) is 14.7 Å². The predicted molar refractivity (Wildman–Crippen MR) is 110 cm³/mol. The summed E-state index contributed by atoms with van der Waals surface area (Å²) in [7, 11) is 0. The van der Waals surface area contributed by atoms with E-state index in [-0.39, 0.29) is 5.56 Å². The van der Waals surface area contributed by atoms with Crippen LogP contribution in [0.2, 0.25) is 0 Å². The Labute approximate surface area is 162 Å². The number of hydrogen-bond donors (Lipinski definition) is 1. The smallest absolute Gasteiger partial charge is 0.329 e. The van der Waals surface area contributed by atoms with Crippen molar-refractivity contribution in [3.63, 3.8) is 0 Å². The van der Waals surface area contributed by atoms with Crippen LogP contribution in [0.3, 0.4) is 0 Å². The van der Waals surface area contributed by atoms with Crippen LogP contribution in [0.1, 0.15) is 45.5 Å². The Morgan fingerprint density at radius 3 is 2.44 bits per heavy atom. The first kappa shape index (κ1) is 19.3. The van der Waals surface area contributed by atoms with E-state index in [1.807, 2.05) is 24.4 Å². The molecule has 3 aromatic rings. The Kier molecular flexibility index (Phi) is 5.20. The zero-order valence-electron chi connectivity index (χ0n) is 16.1. The molecule has 0 atom stereocenters. The van der Waals surface area contributed by atoms with Crippen LogP contribution in [0.4, 0.5) is 0 Å². The largest absolute Gasteiger partial charge is 0.480 e. The SMILES string of the molecule is CCCc1nc2scc(-c3ccc(CC)cc3)c2c(=O)n1C(C)(C)C(=O)O. The third-order valence-corrected chi connectivity index (χ3v) is 5.78. The average Bonchev–Trinajstić information content (AvgIpc) is 3.06. The van der Waals surface area contributed by atoms with Gasteiger partial charge in [-0.15, -0.1) is 11.3 Å². The summed E-state index contributed by atoms with van der Waals surface area (Å²) >= 11 is 1.43. The average molecular weight is 385 g/mol. The molecule has 0 saturated heterocycles. The van der Waals surface area contributed by atoms with Crippen LogP contribution in [-0.2, 0) is 23.2 Å². The summed E-state index contributed by atoms with van der Waals surface area (Å²) in [6.45, 7) is 7.18. The summed E-state index contributed by atoms with van der Waals surface area (Å²) in [5.41, 5.74) is 1.33. The minimum atomic E-state index is -1.37. The number of aryl methyl sites for hydroxylation is 2. The van der Waals surface area contributed by atoms with E-state index < -0.39 is 11.5 Å². The summed E-state index contributed by atoms with van der Waals surface area (Å²) in [6.07, 6.45) is 2.29. The van der Waals surface area contributed by atoms with Gasteiger partial charge in [0.05, 0.1) is 5.39 Å². The lowest BCUT2D eigenvalue weighted by Crippen LogP contribution is -2.44. The molecule has 142 valence electrons. The normalized spacial score (nSPS) is 11.9. The van der Waals surface area contributed by atoms with Crippen LogP contribution in [0.5, 0.6) is 0 Å². The van der Waals surface area contributed by atoms with Crippen LogP contribution >= 0.6 is 11.3 Å². The van der Waals surface area contributed by atoms with Gasteiger partial charge in [-0.05, 0) is 37.8 Å². The Balaban J connectivity index is 2.31. The molecule has 0 unspecified atom stereocenters. The zero-order valence-corrected chi connectivity index (χ0v) is 16.9. The highest BCUT2D eigenvalue weighted by Crippen LogP contribution is 2.32. The molecule has 0 aliphatic heterocycles. The number of carboxylic acids is 1. The third-order valence-electron chi connectivity index (χ3n) is 4.91. The molecular weight excluding hydrogens is 360 g/mol. The lowest BCUT2D eigenvalue weighted by atomic mass is 10.0. The Morgan fingerprint density at radius 1 is 1.22 bits per heavy atom. The molecule has 6 heteroatoms. The molecule has 1 N–H and O–H groups in total. The van der Waals surface area contributed by atoms with Crippen molar-refractivity contribution in [2.45, 2.75) is 52.5 Å². The van der Waals surface area contributed by atoms with Crippen molar-refractivity contribution < 1.29 is 9.90 Å². The second-order valence-electron chi connectivity index (χ2n) is 7.16. The molecule has 0 amide bonds. The molecule has 0 aliphatic rings. The summed E-state index contributed by atoms with van der Waals surface area (Å²) in [5, 5.41) is 12.1. The lowest BCUT2D eigenvalue weighted by Gasteiger charge is -2.25. The molecule has 0 saturated carbocycles. The van der Waals surface area contributed by atoms with Crippen LogP contribution in [0.15, 0.2) is 34.4 Å². The maximum absolute atomic E-state index is 13.4. The Morgan fingerprint density at radius 2 is 1.89 bits per heavy atom. The van der Waals surface area contributed by atoms with Gasteiger partial charge < -0.3 is 5.11 Å². The van der Waals surface area contributed by atoms with Crippen LogP contribution in [0, 0.1) is 0 Å². The second-order valence-corrected chi connectivity index (χ2v) is 8.02. The standard InChI is InChI=1S/C21H24N2O3S/c1-5-7-16-22-18-17(19(24)23(16)21(3,4)20(25)26)15(12-27-18)14-10-8-13(6-2)9-11-14/h8-12H,5-7H2,1-4H3,(H,25,26). The Hall–Kier alpha value is -2.47. The maximum Gasteiger partial charge on any atom is 0.329 e. The number of hydrogen-bond acceptors (Lipinski definition) is 4. The fraction of sp³-hybridized carbons (Fsp3) is 0.381. The number of carbonyl (C=O) groups is 1. The highest BCUT2D eigenvalue weighted by Gasteiger charge is 2.34. The van der Waals surface area contributed by atoms with Gasteiger partial charge in [0, 0.05) is 17.4 Å². The van der Waals surface area contributed by atoms with Crippen LogP contribution in [-0.4, -0.2) is 20.6 Å². The van der Waals surface area contributed by atoms with Gasteiger partial charge in [-0.1, -0.05) is 38.1 Å². The van der Waals surface area contributed by atoms with Crippen molar-refractivity contribution in [3.8, 4) is 11.1 Å². The molecule has 2 heterocycles. The number of aromatic nitrogens is 2. The van der Waals surface area contributed by atoms with Crippen molar-refractivity contribution in [1.29, 1.82) is 0 Å². The lowest BCUT2D eigenvalue weighted by molar-refractivity contribution is -0.146. The number of nitrogens with zero attached hydrogens (tertiary/aromatic N) is 2. The Bertz CT molecular complexity index is 1050. The fourth-order valence-corrected chi connectivity index (χ4v) is 4.19. The van der Waals surface area contributed by atoms with Gasteiger partial charge in [-0.25, -0.2) is 9.78 Å². The topological polar surface area (TPSA) is 72.2 Å². The molecular formula is C21H24N2O3S. The van der Waals surface area contributed by atoms with E-state index in [1.165, 1.54) is 21.5 Å². The number of rotatable bonds is 6. The quantitative estimate of drug-likeness (QED) is 0.681. The molecule has 3 rings (SSSR count). The summed E-state index contributed by atoms with van der Waals surface area (Å²) in [6, 6.07) is 8.12. The van der Waals surface area contributed by atoms with Gasteiger partial charge in [0.15, 0.2) is 0 Å². The zero-order chi connectivity index (χ0) is 19.8. The van der Waals surface area contributed by atoms with Gasteiger partial charge in [-0.2, -0.15) is 0 Å². The minimum absolute atomic E-state index is 0.285. The molecule has 0 bridgehead atoms. The van der Waals surface area contributed by atoms with E-state index in [0.717, 1.165) is 24.0 Å². The molecule has 1 aromatic carbocycles. The number of fused-ring (bicyclic) bond motifs is 1. The van der Waals surface area contributed by atoms with Crippen molar-refractivity contribution in [2.24, 2.45) is 0 Å². The summed E-state index contributed by atoms with van der Waals surface area (Å²) in [5.74, 6) is -0.524. The number of benzene rings is 1. The number of aliphatic carboxylic acids is 1. The molecule has 0 aliphatic carbocycles. The van der Waals surface area contributed by atoms with E-state index in [2.05, 4.69) is 24.0 Å². The van der Waals surface area contributed by atoms with Crippen molar-refractivity contribution in [2.75, 3.05) is 0 Å². The third kappa shape index (κ3) is 3.30. The van der Waals surface area contributed by atoms with E-state index in [4.69, 9.17) is 0 Å². The van der Waals surface area contributed by atoms with Gasteiger partial charge in [0.1, 0.15) is 16.2 Å². The monoisotopic (exact) mass is 384 g/mol. The minimum Gasteiger partial charge on any atom is -0.480 e. The summed E-state index contributed by atoms with van der Waals surface area (Å²) < 4.78 is 1.36. The first-order valence-electron chi connectivity index (χ1n) is 9.17. The predicted octanol–water partition coefficient (Wildman–Crippen LogP) is 4.46. The number of thiophene rings is 1. The maximum atomic E-state index is 13.4. The van der Waals surface area contributed by atoms with E-state index in [1.54, 1.807) is 13.8 Å². The molecule has 2 aromatic heterocycles. The van der Waals surface area contributed by atoms with Crippen molar-refractivity contribution >= 4 is 27.5 Å². The van der Waals surface area contributed by atoms with Gasteiger partial charge in [-0.3, -0.25) is 9.36 Å². The molecule has 0 radical (unpaired) electrons. The van der Waals surface area contributed by atoms with Crippen LogP contribution < -0.4 is 5.56 Å². The first-order valence-corrected chi connectivity index (χ1v) is 10.1. The fourth-order valence-electron chi connectivity index (χ4n) is 3.23. The van der Waals surface area contributed by atoms with Gasteiger partial charge in [0.25, 0.3) is 5.56 Å². The van der Waals surface area contributed by atoms with E-state index in [0.29, 0.717) is 22.5 Å². The highest BCUT2D eigenvalue weighted by molar-refractivity contribution is 7.17. The van der Waals surface area contributed by atoms with Crippen molar-refractivity contribution in [3.05, 3.63) is 51.4 Å². The summed E-state index contributed by atoms with van der Waals surface area (Å²) in [4.78, 5) is 30.6. The molecule has 0 fully saturated rings. The van der Waals surface area contributed by atoms with Gasteiger partial charge >= 0.3 is 5.97 Å². The van der Waals surface area contributed by atoms with Crippen molar-refractivity contribution in [1.82, 2.24) is 9.55 Å². The van der Waals surface area contributed by atoms with Gasteiger partial charge in [0.2, 0.25) is 0 Å².